The lowest BCUT2D eigenvalue weighted by atomic mass is 10.1. The third-order valence-corrected chi connectivity index (χ3v) is 2.55. The smallest absolute Gasteiger partial charge is 0.335 e. The van der Waals surface area contributed by atoms with E-state index in [-0.39, 0.29) is 5.56 Å². The number of ether oxygens (including phenoxy) is 1. The molecule has 1 heterocycles. The van der Waals surface area contributed by atoms with E-state index in [1.807, 2.05) is 19.1 Å². The van der Waals surface area contributed by atoms with E-state index in [4.69, 9.17) is 9.84 Å². The largest absolute Gasteiger partial charge is 0.487 e. The Hall–Kier alpha value is -2.36. The van der Waals surface area contributed by atoms with Crippen molar-refractivity contribution < 1.29 is 14.6 Å². The summed E-state index contributed by atoms with van der Waals surface area (Å²) in [7, 11) is 0. The number of carbonyl (C=O) groups is 1. The van der Waals surface area contributed by atoms with Gasteiger partial charge < -0.3 is 9.84 Å². The highest BCUT2D eigenvalue weighted by Gasteiger charge is 2.03. The minimum absolute atomic E-state index is 0.274. The highest BCUT2D eigenvalue weighted by Crippen LogP contribution is 2.15. The fraction of sp³-hybridized carbons (Fsp3) is 0.143. The molecule has 0 spiro atoms. The molecule has 0 saturated heterocycles. The molecular formula is C14H13NO3. The van der Waals surface area contributed by atoms with Gasteiger partial charge in [-0.15, -0.1) is 0 Å². The maximum atomic E-state index is 10.7. The summed E-state index contributed by atoms with van der Waals surface area (Å²) in [5.41, 5.74) is 2.03. The maximum absolute atomic E-state index is 10.7. The molecule has 0 aliphatic heterocycles. The summed E-state index contributed by atoms with van der Waals surface area (Å²) in [5, 5.41) is 8.78. The SMILES string of the molecule is Cc1ncccc1OCc1ccc(C(=O)O)cc1. The Kier molecular flexibility index (Phi) is 3.57. The minimum atomic E-state index is -0.925. The zero-order valence-electron chi connectivity index (χ0n) is 9.96. The molecule has 0 saturated carbocycles. The Morgan fingerprint density at radius 2 is 2.00 bits per heavy atom. The summed E-state index contributed by atoms with van der Waals surface area (Å²) in [5.74, 6) is -0.189. The second-order valence-corrected chi connectivity index (χ2v) is 3.88. The van der Waals surface area contributed by atoms with Gasteiger partial charge in [-0.2, -0.15) is 0 Å². The molecule has 0 unspecified atom stereocenters. The van der Waals surface area contributed by atoms with Crippen molar-refractivity contribution in [3.63, 3.8) is 0 Å². The van der Waals surface area contributed by atoms with E-state index in [0.29, 0.717) is 6.61 Å². The van der Waals surface area contributed by atoms with Crippen molar-refractivity contribution in [2.45, 2.75) is 13.5 Å². The Balaban J connectivity index is 2.02. The molecule has 0 aliphatic rings. The van der Waals surface area contributed by atoms with Crippen molar-refractivity contribution >= 4 is 5.97 Å². The Bertz CT molecular complexity index is 549. The van der Waals surface area contributed by atoms with Crippen molar-refractivity contribution in [1.82, 2.24) is 4.98 Å². The Morgan fingerprint density at radius 3 is 2.61 bits per heavy atom. The van der Waals surface area contributed by atoms with Crippen LogP contribution in [0.2, 0.25) is 0 Å². The minimum Gasteiger partial charge on any atom is -0.487 e. The molecular weight excluding hydrogens is 230 g/mol. The lowest BCUT2D eigenvalue weighted by Crippen LogP contribution is -2.00. The number of aromatic carboxylic acids is 1. The van der Waals surface area contributed by atoms with Crippen molar-refractivity contribution in [2.24, 2.45) is 0 Å². The van der Waals surface area contributed by atoms with Gasteiger partial charge in [0.25, 0.3) is 0 Å². The predicted molar refractivity (Wildman–Crippen MR) is 66.7 cm³/mol. The van der Waals surface area contributed by atoms with Crippen LogP contribution >= 0.6 is 0 Å². The van der Waals surface area contributed by atoms with E-state index >= 15 is 0 Å². The van der Waals surface area contributed by atoms with Crippen LogP contribution in [0.5, 0.6) is 5.75 Å². The third-order valence-electron chi connectivity index (χ3n) is 2.55. The fourth-order valence-electron chi connectivity index (χ4n) is 1.53. The number of rotatable bonds is 4. The topological polar surface area (TPSA) is 59.4 Å². The van der Waals surface area contributed by atoms with Crippen LogP contribution in [0, 0.1) is 6.92 Å². The zero-order chi connectivity index (χ0) is 13.0. The quantitative estimate of drug-likeness (QED) is 0.896. The summed E-state index contributed by atoms with van der Waals surface area (Å²) in [6.45, 7) is 2.27. The van der Waals surface area contributed by atoms with Crippen molar-refractivity contribution in [3.05, 3.63) is 59.4 Å². The molecule has 2 rings (SSSR count). The second-order valence-electron chi connectivity index (χ2n) is 3.88. The van der Waals surface area contributed by atoms with E-state index in [1.165, 1.54) is 0 Å². The number of carboxylic acids is 1. The number of aryl methyl sites for hydroxylation is 1. The lowest BCUT2D eigenvalue weighted by Gasteiger charge is -2.08. The Labute approximate surface area is 105 Å². The van der Waals surface area contributed by atoms with Crippen LogP contribution in [0.25, 0.3) is 0 Å². The average Bonchev–Trinajstić information content (AvgIpc) is 2.38. The first-order chi connectivity index (χ1) is 8.66. The van der Waals surface area contributed by atoms with Gasteiger partial charge in [0.2, 0.25) is 0 Å². The predicted octanol–water partition coefficient (Wildman–Crippen LogP) is 2.67. The van der Waals surface area contributed by atoms with E-state index in [1.54, 1.807) is 30.5 Å². The summed E-state index contributed by atoms with van der Waals surface area (Å²) >= 11 is 0. The molecule has 1 N–H and O–H groups in total. The van der Waals surface area contributed by atoms with Gasteiger partial charge >= 0.3 is 5.97 Å². The monoisotopic (exact) mass is 243 g/mol. The maximum Gasteiger partial charge on any atom is 0.335 e. The van der Waals surface area contributed by atoms with Crippen LogP contribution in [-0.4, -0.2) is 16.1 Å². The Morgan fingerprint density at radius 1 is 1.28 bits per heavy atom. The van der Waals surface area contributed by atoms with Gasteiger partial charge in [-0.3, -0.25) is 4.98 Å². The zero-order valence-corrected chi connectivity index (χ0v) is 9.96. The van der Waals surface area contributed by atoms with E-state index in [2.05, 4.69) is 4.98 Å². The second kappa shape index (κ2) is 5.31. The van der Waals surface area contributed by atoms with Gasteiger partial charge in [0, 0.05) is 6.20 Å². The number of hydrogen-bond donors (Lipinski definition) is 1. The molecule has 0 atom stereocenters. The standard InChI is InChI=1S/C14H13NO3/c1-10-13(3-2-8-15-10)18-9-11-4-6-12(7-5-11)14(16)17/h2-8H,9H2,1H3,(H,16,17). The van der Waals surface area contributed by atoms with Crippen LogP contribution in [0.4, 0.5) is 0 Å². The van der Waals surface area contributed by atoms with Crippen LogP contribution in [0.1, 0.15) is 21.6 Å². The van der Waals surface area contributed by atoms with Gasteiger partial charge in [0.15, 0.2) is 0 Å². The number of pyridine rings is 1. The summed E-state index contributed by atoms with van der Waals surface area (Å²) in [4.78, 5) is 14.8. The molecule has 4 heteroatoms. The van der Waals surface area contributed by atoms with Crippen molar-refractivity contribution in [1.29, 1.82) is 0 Å². The number of nitrogens with zero attached hydrogens (tertiary/aromatic N) is 1. The summed E-state index contributed by atoms with van der Waals surface area (Å²) in [6, 6.07) is 10.3. The van der Waals surface area contributed by atoms with Gasteiger partial charge in [-0.25, -0.2) is 4.79 Å². The van der Waals surface area contributed by atoms with Crippen LogP contribution < -0.4 is 4.74 Å². The molecule has 1 aromatic carbocycles. The van der Waals surface area contributed by atoms with Crippen molar-refractivity contribution in [2.75, 3.05) is 0 Å². The van der Waals surface area contributed by atoms with Gasteiger partial charge in [0.1, 0.15) is 12.4 Å². The molecule has 0 radical (unpaired) electrons. The summed E-state index contributed by atoms with van der Waals surface area (Å²) < 4.78 is 5.61. The molecule has 18 heavy (non-hydrogen) atoms. The normalized spacial score (nSPS) is 10.1. The van der Waals surface area contributed by atoms with Crippen molar-refractivity contribution in [3.8, 4) is 5.75 Å². The molecule has 1 aromatic heterocycles. The molecule has 0 aliphatic carbocycles. The average molecular weight is 243 g/mol. The van der Waals surface area contributed by atoms with Gasteiger partial charge in [-0.05, 0) is 36.8 Å². The number of benzene rings is 1. The van der Waals surface area contributed by atoms with Crippen LogP contribution in [-0.2, 0) is 6.61 Å². The van der Waals surface area contributed by atoms with E-state index < -0.39 is 5.97 Å². The van der Waals surface area contributed by atoms with Gasteiger partial charge in [0.05, 0.1) is 11.3 Å². The molecule has 0 bridgehead atoms. The van der Waals surface area contributed by atoms with Crippen LogP contribution in [0.15, 0.2) is 42.6 Å². The molecule has 0 fully saturated rings. The molecule has 4 nitrogen and oxygen atoms in total. The van der Waals surface area contributed by atoms with E-state index in [9.17, 15) is 4.79 Å². The molecule has 2 aromatic rings. The highest BCUT2D eigenvalue weighted by atomic mass is 16.5. The number of hydrogen-bond acceptors (Lipinski definition) is 3. The first-order valence-electron chi connectivity index (χ1n) is 5.53. The molecule has 92 valence electrons. The summed E-state index contributed by atoms with van der Waals surface area (Å²) in [6.07, 6.45) is 1.71. The third kappa shape index (κ3) is 2.85. The lowest BCUT2D eigenvalue weighted by molar-refractivity contribution is 0.0697. The van der Waals surface area contributed by atoms with Crippen LogP contribution in [0.3, 0.4) is 0 Å². The highest BCUT2D eigenvalue weighted by molar-refractivity contribution is 5.87. The molecule has 0 amide bonds. The fourth-order valence-corrected chi connectivity index (χ4v) is 1.53. The van der Waals surface area contributed by atoms with E-state index in [0.717, 1.165) is 17.0 Å². The first-order valence-corrected chi connectivity index (χ1v) is 5.53. The van der Waals surface area contributed by atoms with Gasteiger partial charge in [-0.1, -0.05) is 12.1 Å². The number of carboxylic acid groups (broad SMARTS) is 1. The number of aromatic nitrogens is 1. The first kappa shape index (κ1) is 12.1.